The molecule has 3 nitrogen and oxygen atoms in total. The third-order valence-electron chi connectivity index (χ3n) is 3.54. The van der Waals surface area contributed by atoms with Crippen LogP contribution in [-0.4, -0.2) is 23.9 Å². The van der Waals surface area contributed by atoms with Gasteiger partial charge in [-0.15, -0.1) is 0 Å². The van der Waals surface area contributed by atoms with Gasteiger partial charge in [-0.2, -0.15) is 0 Å². The van der Waals surface area contributed by atoms with Crippen LogP contribution >= 0.6 is 11.3 Å². The van der Waals surface area contributed by atoms with Crippen molar-refractivity contribution in [1.29, 1.82) is 0 Å². The van der Waals surface area contributed by atoms with Crippen molar-refractivity contribution in [3.63, 3.8) is 0 Å². The van der Waals surface area contributed by atoms with Gasteiger partial charge >= 0.3 is 0 Å². The Kier molecular flexibility index (Phi) is 2.90. The second-order valence-electron chi connectivity index (χ2n) is 5.11. The number of rotatable bonds is 6. The van der Waals surface area contributed by atoms with Crippen molar-refractivity contribution in [2.45, 2.75) is 45.1 Å². The first-order chi connectivity index (χ1) is 8.31. The predicted octanol–water partition coefficient (Wildman–Crippen LogP) is 2.90. The monoisotopic (exact) mass is 250 g/mol. The standard InChI is InChI=1S/C13H18N2OS/c1-2-11-12(8-16)17-13(14-11)15(10-5-6-10)7-9-3-4-9/h8-10H,2-7H2,1H3. The summed E-state index contributed by atoms with van der Waals surface area (Å²) in [6, 6.07) is 0.700. The van der Waals surface area contributed by atoms with Gasteiger partial charge in [0.05, 0.1) is 10.6 Å². The second kappa shape index (κ2) is 4.41. The summed E-state index contributed by atoms with van der Waals surface area (Å²) in [4.78, 5) is 18.9. The zero-order valence-electron chi connectivity index (χ0n) is 10.2. The van der Waals surface area contributed by atoms with E-state index in [4.69, 9.17) is 0 Å². The van der Waals surface area contributed by atoms with Crippen LogP contribution in [0, 0.1) is 5.92 Å². The van der Waals surface area contributed by atoms with Crippen molar-refractivity contribution in [2.24, 2.45) is 5.92 Å². The lowest BCUT2D eigenvalue weighted by atomic mass is 10.3. The first kappa shape index (κ1) is 11.2. The Morgan fingerprint density at radius 3 is 2.65 bits per heavy atom. The van der Waals surface area contributed by atoms with E-state index in [0.717, 1.165) is 40.9 Å². The summed E-state index contributed by atoms with van der Waals surface area (Å²) < 4.78 is 0. The molecule has 0 unspecified atom stereocenters. The zero-order chi connectivity index (χ0) is 11.8. The zero-order valence-corrected chi connectivity index (χ0v) is 11.0. The largest absolute Gasteiger partial charge is 0.345 e. The van der Waals surface area contributed by atoms with Crippen LogP contribution in [0.3, 0.4) is 0 Å². The number of hydrogen-bond acceptors (Lipinski definition) is 4. The number of aromatic nitrogens is 1. The molecule has 4 heteroatoms. The van der Waals surface area contributed by atoms with E-state index in [2.05, 4.69) is 16.8 Å². The van der Waals surface area contributed by atoms with Crippen molar-refractivity contribution < 1.29 is 4.79 Å². The molecule has 0 spiro atoms. The van der Waals surface area contributed by atoms with E-state index in [-0.39, 0.29) is 0 Å². The molecule has 0 amide bonds. The normalized spacial score (nSPS) is 19.4. The summed E-state index contributed by atoms with van der Waals surface area (Å²) >= 11 is 1.58. The molecule has 0 aromatic carbocycles. The smallest absolute Gasteiger partial charge is 0.186 e. The van der Waals surface area contributed by atoms with E-state index in [1.807, 2.05) is 0 Å². The summed E-state index contributed by atoms with van der Waals surface area (Å²) in [5.74, 6) is 0.879. The predicted molar refractivity (Wildman–Crippen MR) is 70.0 cm³/mol. The molecular weight excluding hydrogens is 232 g/mol. The van der Waals surface area contributed by atoms with E-state index in [0.29, 0.717) is 6.04 Å². The van der Waals surface area contributed by atoms with Crippen molar-refractivity contribution in [2.75, 3.05) is 11.4 Å². The lowest BCUT2D eigenvalue weighted by Crippen LogP contribution is -2.27. The van der Waals surface area contributed by atoms with E-state index < -0.39 is 0 Å². The summed E-state index contributed by atoms with van der Waals surface area (Å²) in [7, 11) is 0. The van der Waals surface area contributed by atoms with Gasteiger partial charge in [-0.25, -0.2) is 4.98 Å². The molecule has 1 aromatic rings. The highest BCUT2D eigenvalue weighted by Crippen LogP contribution is 2.39. The number of nitrogens with zero attached hydrogens (tertiary/aromatic N) is 2. The molecule has 1 heterocycles. The number of carbonyl (C=O) groups excluding carboxylic acids is 1. The van der Waals surface area contributed by atoms with Gasteiger partial charge in [0.25, 0.3) is 0 Å². The maximum absolute atomic E-state index is 11.0. The second-order valence-corrected chi connectivity index (χ2v) is 6.11. The molecule has 2 aliphatic rings. The highest BCUT2D eigenvalue weighted by atomic mass is 32.1. The Morgan fingerprint density at radius 2 is 2.18 bits per heavy atom. The van der Waals surface area contributed by atoms with Crippen LogP contribution in [0.5, 0.6) is 0 Å². The molecule has 2 fully saturated rings. The first-order valence-electron chi connectivity index (χ1n) is 6.53. The summed E-state index contributed by atoms with van der Waals surface area (Å²) in [6.45, 7) is 3.22. The number of thiazole rings is 1. The highest BCUT2D eigenvalue weighted by Gasteiger charge is 2.35. The van der Waals surface area contributed by atoms with Crippen LogP contribution < -0.4 is 4.90 Å². The Hall–Kier alpha value is -0.900. The molecule has 92 valence electrons. The van der Waals surface area contributed by atoms with Gasteiger partial charge in [-0.1, -0.05) is 18.3 Å². The maximum atomic E-state index is 11.0. The fraction of sp³-hybridized carbons (Fsp3) is 0.692. The average molecular weight is 250 g/mol. The van der Waals surface area contributed by atoms with Crippen LogP contribution in [0.4, 0.5) is 5.13 Å². The SMILES string of the molecule is CCc1nc(N(CC2CC2)C2CC2)sc1C=O. The minimum atomic E-state index is 0.700. The summed E-state index contributed by atoms with van der Waals surface area (Å²) in [5.41, 5.74) is 0.974. The molecule has 0 atom stereocenters. The van der Waals surface area contributed by atoms with Gasteiger partial charge in [0.15, 0.2) is 11.4 Å². The van der Waals surface area contributed by atoms with Gasteiger partial charge in [0, 0.05) is 12.6 Å². The van der Waals surface area contributed by atoms with Gasteiger partial charge < -0.3 is 4.90 Å². The van der Waals surface area contributed by atoms with Crippen LogP contribution in [0.2, 0.25) is 0 Å². The highest BCUT2D eigenvalue weighted by molar-refractivity contribution is 7.17. The lowest BCUT2D eigenvalue weighted by molar-refractivity contribution is 0.112. The maximum Gasteiger partial charge on any atom is 0.186 e. The van der Waals surface area contributed by atoms with Crippen molar-refractivity contribution >= 4 is 22.8 Å². The number of anilines is 1. The Balaban J connectivity index is 1.83. The first-order valence-corrected chi connectivity index (χ1v) is 7.35. The molecule has 17 heavy (non-hydrogen) atoms. The van der Waals surface area contributed by atoms with E-state index in [1.165, 1.54) is 25.7 Å². The molecule has 0 saturated heterocycles. The van der Waals surface area contributed by atoms with E-state index in [9.17, 15) is 4.79 Å². The van der Waals surface area contributed by atoms with Crippen LogP contribution in [0.25, 0.3) is 0 Å². The Morgan fingerprint density at radius 1 is 1.41 bits per heavy atom. The van der Waals surface area contributed by atoms with Crippen LogP contribution in [0.15, 0.2) is 0 Å². The molecule has 1 aromatic heterocycles. The third kappa shape index (κ3) is 2.37. The Bertz CT molecular complexity index is 421. The minimum absolute atomic E-state index is 0.700. The molecule has 0 radical (unpaired) electrons. The quantitative estimate of drug-likeness (QED) is 0.728. The molecule has 2 aliphatic carbocycles. The molecule has 0 bridgehead atoms. The van der Waals surface area contributed by atoms with Gasteiger partial charge in [0.2, 0.25) is 0 Å². The number of carbonyl (C=O) groups is 1. The number of aldehydes is 1. The molecule has 3 rings (SSSR count). The summed E-state index contributed by atoms with van der Waals surface area (Å²) in [5, 5.41) is 1.08. The summed E-state index contributed by atoms with van der Waals surface area (Å²) in [6.07, 6.45) is 7.15. The molecule has 0 aliphatic heterocycles. The van der Waals surface area contributed by atoms with E-state index in [1.54, 1.807) is 11.3 Å². The average Bonchev–Trinajstić information content (AvgIpc) is 3.23. The van der Waals surface area contributed by atoms with Crippen LogP contribution in [-0.2, 0) is 6.42 Å². The molecule has 0 N–H and O–H groups in total. The number of aryl methyl sites for hydroxylation is 1. The fourth-order valence-electron chi connectivity index (χ4n) is 2.17. The lowest BCUT2D eigenvalue weighted by Gasteiger charge is -2.21. The van der Waals surface area contributed by atoms with Gasteiger partial charge in [0.1, 0.15) is 0 Å². The minimum Gasteiger partial charge on any atom is -0.345 e. The number of hydrogen-bond donors (Lipinski definition) is 0. The van der Waals surface area contributed by atoms with E-state index >= 15 is 0 Å². The van der Waals surface area contributed by atoms with Gasteiger partial charge in [-0.3, -0.25) is 4.79 Å². The molecule has 2 saturated carbocycles. The van der Waals surface area contributed by atoms with Crippen LogP contribution in [0.1, 0.15) is 48.0 Å². The van der Waals surface area contributed by atoms with Crippen molar-refractivity contribution in [3.05, 3.63) is 10.6 Å². The third-order valence-corrected chi connectivity index (χ3v) is 4.60. The topological polar surface area (TPSA) is 33.2 Å². The molecular formula is C13H18N2OS. The fourth-order valence-corrected chi connectivity index (χ4v) is 3.22. The Labute approximate surface area is 106 Å². The van der Waals surface area contributed by atoms with Crippen molar-refractivity contribution in [1.82, 2.24) is 4.98 Å². The van der Waals surface area contributed by atoms with Crippen molar-refractivity contribution in [3.8, 4) is 0 Å². The van der Waals surface area contributed by atoms with Gasteiger partial charge in [-0.05, 0) is 38.0 Å².